The number of rotatable bonds is 1. The fourth-order valence-corrected chi connectivity index (χ4v) is 2.95. The Morgan fingerprint density at radius 2 is 2.12 bits per heavy atom. The summed E-state index contributed by atoms with van der Waals surface area (Å²) in [4.78, 5) is 24.9. The fraction of sp³-hybridized carbons (Fsp3) is 0.385. The van der Waals surface area contributed by atoms with Crippen LogP contribution in [0.1, 0.15) is 20.3 Å². The smallest absolute Gasteiger partial charge is 0.237 e. The third kappa shape index (κ3) is 2.22. The summed E-state index contributed by atoms with van der Waals surface area (Å²) in [6.07, 6.45) is 0.577. The monoisotopic (exact) mass is 249 g/mol. The predicted molar refractivity (Wildman–Crippen MR) is 69.2 cm³/mol. The minimum Gasteiger partial charge on any atom is -0.324 e. The van der Waals surface area contributed by atoms with Crippen molar-refractivity contribution in [3.63, 3.8) is 0 Å². The number of anilines is 1. The molecule has 0 aromatic heterocycles. The van der Waals surface area contributed by atoms with E-state index in [0.717, 1.165) is 16.3 Å². The van der Waals surface area contributed by atoms with Crippen molar-refractivity contribution < 1.29 is 9.59 Å². The Labute approximate surface area is 105 Å². The molecule has 1 unspecified atom stereocenters. The molecule has 0 bridgehead atoms. The molecule has 0 radical (unpaired) electrons. The number of para-hydroxylation sites is 1. The summed E-state index contributed by atoms with van der Waals surface area (Å²) >= 11 is 1.68. The van der Waals surface area contributed by atoms with Crippen molar-refractivity contribution in [2.75, 3.05) is 11.1 Å². The largest absolute Gasteiger partial charge is 0.324 e. The second-order valence-electron chi connectivity index (χ2n) is 4.44. The summed E-state index contributed by atoms with van der Waals surface area (Å²) in [6, 6.07) is 7.68. The van der Waals surface area contributed by atoms with Gasteiger partial charge >= 0.3 is 0 Å². The SMILES string of the molecule is CC(=O)C1(C)CCSc2ccccc2NC1=O. The quantitative estimate of drug-likeness (QED) is 0.778. The highest BCUT2D eigenvalue weighted by atomic mass is 32.2. The van der Waals surface area contributed by atoms with Gasteiger partial charge in [-0.2, -0.15) is 0 Å². The standard InChI is InChI=1S/C13H15NO2S/c1-9(15)13(2)7-8-17-11-6-4-3-5-10(11)14-12(13)16/h3-6H,7-8H2,1-2H3,(H,14,16). The summed E-state index contributed by atoms with van der Waals surface area (Å²) in [5, 5.41) is 2.85. The van der Waals surface area contributed by atoms with Crippen LogP contribution in [0, 0.1) is 5.41 Å². The van der Waals surface area contributed by atoms with Crippen molar-refractivity contribution in [2.24, 2.45) is 5.41 Å². The zero-order valence-corrected chi connectivity index (χ0v) is 10.8. The van der Waals surface area contributed by atoms with Crippen LogP contribution < -0.4 is 5.32 Å². The van der Waals surface area contributed by atoms with Crippen molar-refractivity contribution >= 4 is 29.1 Å². The first-order valence-corrected chi connectivity index (χ1v) is 6.57. The first kappa shape index (κ1) is 12.2. The van der Waals surface area contributed by atoms with Crippen LogP contribution in [0.2, 0.25) is 0 Å². The van der Waals surface area contributed by atoms with Gasteiger partial charge in [-0.3, -0.25) is 9.59 Å². The molecule has 0 aliphatic carbocycles. The molecule has 0 saturated heterocycles. The molecule has 2 rings (SSSR count). The number of thioether (sulfide) groups is 1. The number of nitrogens with one attached hydrogen (secondary N) is 1. The lowest BCUT2D eigenvalue weighted by Crippen LogP contribution is -2.40. The topological polar surface area (TPSA) is 46.2 Å². The van der Waals surface area contributed by atoms with E-state index >= 15 is 0 Å². The van der Waals surface area contributed by atoms with Crippen molar-refractivity contribution in [2.45, 2.75) is 25.2 Å². The number of amides is 1. The first-order valence-electron chi connectivity index (χ1n) is 5.58. The molecular weight excluding hydrogens is 234 g/mol. The van der Waals surface area contributed by atoms with Crippen LogP contribution >= 0.6 is 11.8 Å². The number of carbonyl (C=O) groups is 2. The molecule has 1 amide bonds. The van der Waals surface area contributed by atoms with Crippen LogP contribution in [-0.4, -0.2) is 17.4 Å². The Morgan fingerprint density at radius 1 is 1.41 bits per heavy atom. The van der Waals surface area contributed by atoms with Gasteiger partial charge in [-0.1, -0.05) is 12.1 Å². The Hall–Kier alpha value is -1.29. The van der Waals surface area contributed by atoms with Crippen LogP contribution in [0.5, 0.6) is 0 Å². The molecule has 1 aliphatic heterocycles. The molecule has 3 nitrogen and oxygen atoms in total. The van der Waals surface area contributed by atoms with Crippen molar-refractivity contribution in [1.29, 1.82) is 0 Å². The minimum atomic E-state index is -0.902. The molecule has 17 heavy (non-hydrogen) atoms. The normalized spacial score (nSPS) is 24.2. The molecule has 1 N–H and O–H groups in total. The molecule has 90 valence electrons. The second kappa shape index (κ2) is 4.53. The maximum Gasteiger partial charge on any atom is 0.237 e. The highest BCUT2D eigenvalue weighted by Gasteiger charge is 2.39. The van der Waals surface area contributed by atoms with Gasteiger partial charge in [-0.25, -0.2) is 0 Å². The van der Waals surface area contributed by atoms with E-state index in [1.54, 1.807) is 18.7 Å². The van der Waals surface area contributed by atoms with Gasteiger partial charge in [0.05, 0.1) is 5.69 Å². The number of hydrogen-bond acceptors (Lipinski definition) is 3. The fourth-order valence-electron chi connectivity index (χ4n) is 1.77. The number of Topliss-reactive ketones (excluding diaryl/α,β-unsaturated/α-hetero) is 1. The second-order valence-corrected chi connectivity index (χ2v) is 5.57. The minimum absolute atomic E-state index is 0.0741. The average Bonchev–Trinajstić information content (AvgIpc) is 2.29. The van der Waals surface area contributed by atoms with Gasteiger partial charge in [0.1, 0.15) is 11.2 Å². The Bertz CT molecular complexity index is 472. The first-order chi connectivity index (χ1) is 8.04. The molecule has 0 fully saturated rings. The Kier molecular flexibility index (Phi) is 3.24. The van der Waals surface area contributed by atoms with Gasteiger partial charge in [0, 0.05) is 4.90 Å². The summed E-state index contributed by atoms with van der Waals surface area (Å²) in [5.74, 6) is 0.508. The van der Waals surface area contributed by atoms with Gasteiger partial charge in [0.15, 0.2) is 0 Å². The number of ketones is 1. The molecular formula is C13H15NO2S. The lowest BCUT2D eigenvalue weighted by Gasteiger charge is -2.28. The maximum atomic E-state index is 12.2. The lowest BCUT2D eigenvalue weighted by molar-refractivity contribution is -0.136. The van der Waals surface area contributed by atoms with Gasteiger partial charge in [0.25, 0.3) is 0 Å². The molecule has 0 saturated carbocycles. The number of carbonyl (C=O) groups excluding carboxylic acids is 2. The van der Waals surface area contributed by atoms with E-state index in [1.807, 2.05) is 24.3 Å². The number of benzene rings is 1. The van der Waals surface area contributed by atoms with Crippen molar-refractivity contribution in [3.05, 3.63) is 24.3 Å². The van der Waals surface area contributed by atoms with E-state index in [0.29, 0.717) is 6.42 Å². The Morgan fingerprint density at radius 3 is 2.82 bits per heavy atom. The highest BCUT2D eigenvalue weighted by molar-refractivity contribution is 7.99. The molecule has 1 atom stereocenters. The molecule has 1 aliphatic rings. The predicted octanol–water partition coefficient (Wildman–Crippen LogP) is 2.72. The summed E-state index contributed by atoms with van der Waals surface area (Å²) in [7, 11) is 0. The van der Waals surface area contributed by atoms with Crippen molar-refractivity contribution in [1.82, 2.24) is 0 Å². The van der Waals surface area contributed by atoms with E-state index < -0.39 is 5.41 Å². The Balaban J connectivity index is 2.36. The van der Waals surface area contributed by atoms with E-state index in [1.165, 1.54) is 6.92 Å². The van der Waals surface area contributed by atoms with Crippen LogP contribution in [0.25, 0.3) is 0 Å². The molecule has 4 heteroatoms. The molecule has 0 spiro atoms. The van der Waals surface area contributed by atoms with Crippen LogP contribution in [0.3, 0.4) is 0 Å². The lowest BCUT2D eigenvalue weighted by atomic mass is 9.82. The van der Waals surface area contributed by atoms with E-state index in [2.05, 4.69) is 5.32 Å². The number of hydrogen-bond donors (Lipinski definition) is 1. The molecule has 1 heterocycles. The molecule has 1 aromatic rings. The zero-order chi connectivity index (χ0) is 12.5. The van der Waals surface area contributed by atoms with Crippen LogP contribution in [-0.2, 0) is 9.59 Å². The molecule has 1 aromatic carbocycles. The van der Waals surface area contributed by atoms with Gasteiger partial charge in [-0.15, -0.1) is 11.8 Å². The summed E-state index contributed by atoms with van der Waals surface area (Å²) in [5.41, 5.74) is -0.102. The van der Waals surface area contributed by atoms with Gasteiger partial charge in [0.2, 0.25) is 5.91 Å². The van der Waals surface area contributed by atoms with Crippen LogP contribution in [0.15, 0.2) is 29.2 Å². The third-order valence-electron chi connectivity index (χ3n) is 3.27. The van der Waals surface area contributed by atoms with E-state index in [9.17, 15) is 9.59 Å². The average molecular weight is 249 g/mol. The van der Waals surface area contributed by atoms with E-state index in [4.69, 9.17) is 0 Å². The highest BCUT2D eigenvalue weighted by Crippen LogP contribution is 2.36. The van der Waals surface area contributed by atoms with Gasteiger partial charge in [-0.05, 0) is 38.2 Å². The van der Waals surface area contributed by atoms with Gasteiger partial charge < -0.3 is 5.32 Å². The van der Waals surface area contributed by atoms with Crippen molar-refractivity contribution in [3.8, 4) is 0 Å². The third-order valence-corrected chi connectivity index (χ3v) is 4.35. The maximum absolute atomic E-state index is 12.2. The van der Waals surface area contributed by atoms with Crippen LogP contribution in [0.4, 0.5) is 5.69 Å². The number of fused-ring (bicyclic) bond motifs is 1. The zero-order valence-electron chi connectivity index (χ0n) is 9.95. The van der Waals surface area contributed by atoms with E-state index in [-0.39, 0.29) is 11.7 Å². The summed E-state index contributed by atoms with van der Waals surface area (Å²) < 4.78 is 0. The summed E-state index contributed by atoms with van der Waals surface area (Å²) in [6.45, 7) is 3.21.